The first-order chi connectivity index (χ1) is 20.8. The van der Waals surface area contributed by atoms with Gasteiger partial charge in [-0.2, -0.15) is 0 Å². The number of anilines is 2. The maximum absolute atomic E-state index is 13.2. The first-order valence-electron chi connectivity index (χ1n) is 15.8. The number of carbonyl (C=O) groups is 2. The van der Waals surface area contributed by atoms with E-state index in [4.69, 9.17) is 4.99 Å². The van der Waals surface area contributed by atoms with E-state index in [9.17, 15) is 9.59 Å². The third kappa shape index (κ3) is 7.66. The number of amides is 2. The van der Waals surface area contributed by atoms with Crippen LogP contribution in [0.25, 0.3) is 0 Å². The number of allylic oxidation sites excluding steroid dienone is 5. The molecule has 43 heavy (non-hydrogen) atoms. The molecule has 0 radical (unpaired) electrons. The van der Waals surface area contributed by atoms with E-state index in [1.165, 1.54) is 24.1 Å². The Morgan fingerprint density at radius 2 is 1.93 bits per heavy atom. The van der Waals surface area contributed by atoms with Gasteiger partial charge < -0.3 is 25.3 Å². The highest BCUT2D eigenvalue weighted by molar-refractivity contribution is 5.97. The molecule has 1 aromatic rings. The Labute approximate surface area is 256 Å². The zero-order chi connectivity index (χ0) is 30.3. The molecule has 3 fully saturated rings. The molecule has 228 valence electrons. The zero-order valence-electron chi connectivity index (χ0n) is 25.8. The summed E-state index contributed by atoms with van der Waals surface area (Å²) < 4.78 is 0. The average Bonchev–Trinajstić information content (AvgIpc) is 3.60. The Balaban J connectivity index is 1.26. The summed E-state index contributed by atoms with van der Waals surface area (Å²) in [6.45, 7) is 18.2. The van der Waals surface area contributed by atoms with Crippen LogP contribution in [0.4, 0.5) is 11.4 Å². The van der Waals surface area contributed by atoms with Gasteiger partial charge in [-0.15, -0.1) is 0 Å². The molecular weight excluding hydrogens is 536 g/mol. The Morgan fingerprint density at radius 3 is 2.63 bits per heavy atom. The smallest absolute Gasteiger partial charge is 0.251 e. The number of piperazine rings is 1. The van der Waals surface area contributed by atoms with E-state index in [0.717, 1.165) is 80.5 Å². The van der Waals surface area contributed by atoms with Crippen molar-refractivity contribution in [1.82, 2.24) is 15.1 Å². The second kappa shape index (κ2) is 13.9. The maximum atomic E-state index is 13.2. The van der Waals surface area contributed by atoms with Crippen LogP contribution >= 0.6 is 0 Å². The van der Waals surface area contributed by atoms with E-state index in [2.05, 4.69) is 52.7 Å². The predicted octanol–water partition coefficient (Wildman–Crippen LogP) is 5.65. The minimum atomic E-state index is -0.119. The van der Waals surface area contributed by atoms with Crippen molar-refractivity contribution in [1.29, 1.82) is 0 Å². The summed E-state index contributed by atoms with van der Waals surface area (Å²) >= 11 is 0. The largest absolute Gasteiger partial charge is 0.368 e. The molecule has 3 aliphatic heterocycles. The number of rotatable bonds is 13. The fourth-order valence-corrected chi connectivity index (χ4v) is 5.91. The third-order valence-electron chi connectivity index (χ3n) is 8.73. The summed E-state index contributed by atoms with van der Waals surface area (Å²) in [7, 11) is 0. The van der Waals surface area contributed by atoms with Crippen molar-refractivity contribution in [2.45, 2.75) is 52.4 Å². The lowest BCUT2D eigenvalue weighted by atomic mass is 10.1. The molecule has 0 unspecified atom stereocenters. The van der Waals surface area contributed by atoms with E-state index in [1.54, 1.807) is 0 Å². The van der Waals surface area contributed by atoms with Crippen molar-refractivity contribution < 1.29 is 9.59 Å². The summed E-state index contributed by atoms with van der Waals surface area (Å²) in [4.78, 5) is 36.5. The van der Waals surface area contributed by atoms with Crippen LogP contribution in [0, 0.1) is 5.92 Å². The van der Waals surface area contributed by atoms with Crippen LogP contribution in [0.1, 0.15) is 62.7 Å². The molecule has 2 saturated heterocycles. The number of carbonyl (C=O) groups excluding carboxylic acids is 2. The van der Waals surface area contributed by atoms with E-state index >= 15 is 0 Å². The molecule has 0 spiro atoms. The van der Waals surface area contributed by atoms with Gasteiger partial charge in [0.15, 0.2) is 0 Å². The molecule has 8 heteroatoms. The van der Waals surface area contributed by atoms with Gasteiger partial charge in [0.2, 0.25) is 5.91 Å². The molecule has 5 rings (SSSR count). The highest BCUT2D eigenvalue weighted by Crippen LogP contribution is 2.37. The SMILES string of the molecule is C=C(Nc1cc(C(=O)NCCCN2CCCC2=O)ccc1N1CCN(C(=C)/C(C)=C\C=C/C)CC1)C1=CCC(C2CC2)=N1. The van der Waals surface area contributed by atoms with Gasteiger partial charge in [0.05, 0.1) is 22.8 Å². The molecule has 1 aromatic carbocycles. The molecule has 0 aromatic heterocycles. The fourth-order valence-electron chi connectivity index (χ4n) is 5.91. The quantitative estimate of drug-likeness (QED) is 0.232. The van der Waals surface area contributed by atoms with Gasteiger partial charge in [-0.25, -0.2) is 0 Å². The number of benzene rings is 1. The van der Waals surface area contributed by atoms with Crippen molar-refractivity contribution in [3.05, 3.63) is 83.9 Å². The highest BCUT2D eigenvalue weighted by Gasteiger charge is 2.29. The Hall–Kier alpha value is -4.07. The van der Waals surface area contributed by atoms with Gasteiger partial charge >= 0.3 is 0 Å². The van der Waals surface area contributed by atoms with Crippen LogP contribution in [-0.2, 0) is 4.79 Å². The number of hydrogen-bond acceptors (Lipinski definition) is 6. The number of likely N-dealkylation sites (tertiary alicyclic amines) is 1. The minimum absolute atomic E-state index is 0.119. The van der Waals surface area contributed by atoms with Gasteiger partial charge in [-0.05, 0) is 69.2 Å². The minimum Gasteiger partial charge on any atom is -0.368 e. The summed E-state index contributed by atoms with van der Waals surface area (Å²) in [5.74, 6) is 0.732. The first kappa shape index (κ1) is 30.4. The van der Waals surface area contributed by atoms with Crippen LogP contribution < -0.4 is 15.5 Å². The molecule has 0 bridgehead atoms. The van der Waals surface area contributed by atoms with Gasteiger partial charge in [-0.3, -0.25) is 14.6 Å². The van der Waals surface area contributed by atoms with Crippen LogP contribution in [0.15, 0.2) is 83.3 Å². The van der Waals surface area contributed by atoms with Crippen molar-refractivity contribution in [2.75, 3.05) is 56.0 Å². The number of nitrogens with zero attached hydrogens (tertiary/aromatic N) is 4. The molecule has 8 nitrogen and oxygen atoms in total. The van der Waals surface area contributed by atoms with E-state index in [-0.39, 0.29) is 11.8 Å². The van der Waals surface area contributed by atoms with Crippen molar-refractivity contribution >= 4 is 28.9 Å². The summed E-state index contributed by atoms with van der Waals surface area (Å²) in [6, 6.07) is 5.86. The van der Waals surface area contributed by atoms with Crippen molar-refractivity contribution in [3.63, 3.8) is 0 Å². The normalized spacial score (nSPS) is 19.2. The predicted molar refractivity (Wildman–Crippen MR) is 176 cm³/mol. The molecule has 1 aliphatic carbocycles. The van der Waals surface area contributed by atoms with Crippen LogP contribution in [0.3, 0.4) is 0 Å². The molecular formula is C35H46N6O2. The van der Waals surface area contributed by atoms with E-state index in [0.29, 0.717) is 31.0 Å². The lowest BCUT2D eigenvalue weighted by Gasteiger charge is -2.39. The molecule has 1 saturated carbocycles. The Bertz CT molecular complexity index is 1370. The van der Waals surface area contributed by atoms with Crippen molar-refractivity contribution in [3.8, 4) is 0 Å². The monoisotopic (exact) mass is 582 g/mol. The average molecular weight is 583 g/mol. The van der Waals surface area contributed by atoms with Crippen molar-refractivity contribution in [2.24, 2.45) is 10.9 Å². The van der Waals surface area contributed by atoms with Crippen LogP contribution in [0.5, 0.6) is 0 Å². The lowest BCUT2D eigenvalue weighted by molar-refractivity contribution is -0.127. The molecule has 2 amide bonds. The molecule has 0 atom stereocenters. The third-order valence-corrected chi connectivity index (χ3v) is 8.73. The fraction of sp³-hybridized carbons (Fsp3) is 0.457. The van der Waals surface area contributed by atoms with Gasteiger partial charge in [0.1, 0.15) is 0 Å². The second-order valence-electron chi connectivity index (χ2n) is 11.9. The molecule has 3 heterocycles. The maximum Gasteiger partial charge on any atom is 0.251 e. The Morgan fingerprint density at radius 1 is 1.14 bits per heavy atom. The Kier molecular flexibility index (Phi) is 9.85. The molecule has 2 N–H and O–H groups in total. The highest BCUT2D eigenvalue weighted by atomic mass is 16.2. The van der Waals surface area contributed by atoms with E-state index < -0.39 is 0 Å². The first-order valence-corrected chi connectivity index (χ1v) is 15.8. The van der Waals surface area contributed by atoms with Gasteiger partial charge in [0, 0.05) is 75.6 Å². The summed E-state index contributed by atoms with van der Waals surface area (Å²) in [5, 5.41) is 6.57. The summed E-state index contributed by atoms with van der Waals surface area (Å²) in [6.07, 6.45) is 14.0. The standard InChI is InChI=1S/C35H46N6O2/c1-5-6-9-25(2)27(4)39-20-22-40(23-21-39)33-16-13-29(35(43)36-17-8-19-41-18-7-10-34(41)42)24-32(33)37-26(3)30-14-15-31(38-30)28-11-12-28/h5-6,9,13-14,16,24,28,37H,3-4,7-8,10-12,15,17-23H2,1-2H3,(H,36,43)/b6-5-,25-9-. The van der Waals surface area contributed by atoms with Crippen LogP contribution in [-0.4, -0.2) is 73.1 Å². The van der Waals surface area contributed by atoms with E-state index in [1.807, 2.05) is 42.2 Å². The van der Waals surface area contributed by atoms with Gasteiger partial charge in [0.25, 0.3) is 5.91 Å². The summed E-state index contributed by atoms with van der Waals surface area (Å²) in [5.41, 5.74) is 7.62. The van der Waals surface area contributed by atoms with Gasteiger partial charge in [-0.1, -0.05) is 37.5 Å². The van der Waals surface area contributed by atoms with Crippen LogP contribution in [0.2, 0.25) is 0 Å². The zero-order valence-corrected chi connectivity index (χ0v) is 25.8. The number of nitrogens with one attached hydrogen (secondary N) is 2. The number of hydrogen-bond donors (Lipinski definition) is 2. The lowest BCUT2D eigenvalue weighted by Crippen LogP contribution is -2.46. The molecule has 4 aliphatic rings. The second-order valence-corrected chi connectivity index (χ2v) is 11.9. The number of aliphatic imine (C=N–C) groups is 1. The topological polar surface area (TPSA) is 80.3 Å².